The molecular weight excluding hydrogens is 200 g/mol. The molecule has 0 saturated carbocycles. The van der Waals surface area contributed by atoms with Gasteiger partial charge in [-0.2, -0.15) is 12.6 Å². The maximum absolute atomic E-state index is 10.9. The fourth-order valence-electron chi connectivity index (χ4n) is 1.31. The zero-order valence-corrected chi connectivity index (χ0v) is 8.30. The predicted molar refractivity (Wildman–Crippen MR) is 57.5 cm³/mol. The zero-order valence-electron chi connectivity index (χ0n) is 7.41. The number of benzene rings is 1. The van der Waals surface area contributed by atoms with Gasteiger partial charge >= 0.3 is 5.76 Å². The smallest absolute Gasteiger partial charge is 0.408 e. The lowest BCUT2D eigenvalue weighted by Gasteiger charge is -2.00. The zero-order chi connectivity index (χ0) is 9.97. The Morgan fingerprint density at radius 2 is 2.36 bits per heavy atom. The summed E-state index contributed by atoms with van der Waals surface area (Å²) in [4.78, 5) is 13.5. The molecule has 0 bridgehead atoms. The summed E-state index contributed by atoms with van der Waals surface area (Å²) in [5.74, 6) is 0.208. The normalized spacial score (nSPS) is 10.9. The summed E-state index contributed by atoms with van der Waals surface area (Å²) in [5, 5.41) is 3.08. The molecule has 1 heterocycles. The van der Waals surface area contributed by atoms with Crippen LogP contribution in [-0.4, -0.2) is 10.9 Å². The lowest BCUT2D eigenvalue weighted by atomic mass is 10.2. The van der Waals surface area contributed by atoms with E-state index < -0.39 is 5.76 Å². The van der Waals surface area contributed by atoms with Crippen molar-refractivity contribution in [2.24, 2.45) is 0 Å². The molecule has 0 unspecified atom stereocenters. The average Bonchev–Trinajstić information content (AvgIpc) is 2.54. The van der Waals surface area contributed by atoms with E-state index in [0.717, 1.165) is 17.6 Å². The van der Waals surface area contributed by atoms with E-state index in [2.05, 4.69) is 22.9 Å². The van der Waals surface area contributed by atoms with Crippen molar-refractivity contribution in [3.8, 4) is 0 Å². The molecule has 2 N–H and O–H groups in total. The van der Waals surface area contributed by atoms with E-state index in [4.69, 9.17) is 4.42 Å². The van der Waals surface area contributed by atoms with E-state index in [1.54, 1.807) is 6.07 Å². The van der Waals surface area contributed by atoms with Gasteiger partial charge in [-0.05, 0) is 17.7 Å². The Kier molecular flexibility index (Phi) is 2.60. The van der Waals surface area contributed by atoms with Crippen molar-refractivity contribution >= 4 is 23.7 Å². The molecule has 0 radical (unpaired) electrons. The van der Waals surface area contributed by atoms with Crippen molar-refractivity contribution in [2.45, 2.75) is 6.54 Å². The molecule has 0 saturated heterocycles. The minimum Gasteiger partial charge on any atom is -0.408 e. The summed E-state index contributed by atoms with van der Waals surface area (Å²) in [7, 11) is 0. The first-order valence-electron chi connectivity index (χ1n) is 4.23. The largest absolute Gasteiger partial charge is 0.417 e. The van der Waals surface area contributed by atoms with Crippen LogP contribution in [0.4, 0.5) is 0 Å². The molecule has 1 aromatic heterocycles. The second-order valence-electron chi connectivity index (χ2n) is 2.93. The van der Waals surface area contributed by atoms with Crippen LogP contribution in [0.15, 0.2) is 27.4 Å². The van der Waals surface area contributed by atoms with Crippen LogP contribution in [0.3, 0.4) is 0 Å². The summed E-state index contributed by atoms with van der Waals surface area (Å²) in [6.07, 6.45) is 0. The van der Waals surface area contributed by atoms with Crippen LogP contribution in [0.5, 0.6) is 0 Å². The van der Waals surface area contributed by atoms with Gasteiger partial charge in [0.25, 0.3) is 0 Å². The minimum atomic E-state index is -0.417. The third-order valence-electron chi connectivity index (χ3n) is 1.92. The SMILES string of the molecule is O=c1[nH]c2cc(CNCS)ccc2o1. The Balaban J connectivity index is 2.35. The molecule has 0 spiro atoms. The van der Waals surface area contributed by atoms with Crippen molar-refractivity contribution < 1.29 is 4.42 Å². The highest BCUT2D eigenvalue weighted by Gasteiger charge is 2.00. The Morgan fingerprint density at radius 1 is 1.50 bits per heavy atom. The quantitative estimate of drug-likeness (QED) is 0.525. The van der Waals surface area contributed by atoms with Crippen molar-refractivity contribution in [1.82, 2.24) is 10.3 Å². The first-order valence-corrected chi connectivity index (χ1v) is 4.86. The predicted octanol–water partition coefficient (Wildman–Crippen LogP) is 1.10. The number of oxazole rings is 1. The molecule has 0 amide bonds. The van der Waals surface area contributed by atoms with Crippen molar-refractivity contribution in [3.63, 3.8) is 0 Å². The van der Waals surface area contributed by atoms with E-state index in [1.165, 1.54) is 0 Å². The first kappa shape index (κ1) is 9.36. The fraction of sp³-hybridized carbons (Fsp3) is 0.222. The molecule has 2 aromatic rings. The molecule has 1 aromatic carbocycles. The van der Waals surface area contributed by atoms with Crippen LogP contribution in [0.1, 0.15) is 5.56 Å². The minimum absolute atomic E-state index is 0.417. The summed E-state index contributed by atoms with van der Waals surface area (Å²) < 4.78 is 4.88. The Labute approximate surface area is 85.7 Å². The summed E-state index contributed by atoms with van der Waals surface area (Å²) in [6, 6.07) is 5.58. The van der Waals surface area contributed by atoms with Gasteiger partial charge in [-0.25, -0.2) is 4.79 Å². The second kappa shape index (κ2) is 3.89. The number of thiol groups is 1. The summed E-state index contributed by atoms with van der Waals surface area (Å²) in [6.45, 7) is 0.729. The number of nitrogens with one attached hydrogen (secondary N) is 2. The molecule has 2 rings (SSSR count). The molecule has 0 fully saturated rings. The average molecular weight is 210 g/mol. The van der Waals surface area contributed by atoms with Gasteiger partial charge in [-0.1, -0.05) is 6.07 Å². The van der Waals surface area contributed by atoms with Crippen LogP contribution >= 0.6 is 12.6 Å². The number of H-pyrrole nitrogens is 1. The highest BCUT2D eigenvalue weighted by molar-refractivity contribution is 7.80. The van der Waals surface area contributed by atoms with Crippen LogP contribution in [0.2, 0.25) is 0 Å². The third kappa shape index (κ3) is 1.83. The molecule has 74 valence electrons. The number of hydrogen-bond donors (Lipinski definition) is 3. The fourth-order valence-corrected chi connectivity index (χ4v) is 1.42. The number of rotatable bonds is 3. The number of hydrogen-bond acceptors (Lipinski definition) is 4. The summed E-state index contributed by atoms with van der Waals surface area (Å²) >= 11 is 4.04. The van der Waals surface area contributed by atoms with Crippen molar-refractivity contribution in [1.29, 1.82) is 0 Å². The van der Waals surface area contributed by atoms with Gasteiger partial charge in [0, 0.05) is 12.4 Å². The lowest BCUT2D eigenvalue weighted by Crippen LogP contribution is -2.09. The van der Waals surface area contributed by atoms with Crippen molar-refractivity contribution in [2.75, 3.05) is 5.88 Å². The van der Waals surface area contributed by atoms with Gasteiger partial charge in [-0.15, -0.1) is 0 Å². The Morgan fingerprint density at radius 3 is 3.14 bits per heavy atom. The van der Waals surface area contributed by atoms with Gasteiger partial charge in [0.1, 0.15) is 0 Å². The maximum atomic E-state index is 10.9. The topological polar surface area (TPSA) is 58.0 Å². The number of aromatic nitrogens is 1. The molecule has 0 aliphatic rings. The second-order valence-corrected chi connectivity index (χ2v) is 3.25. The first-order chi connectivity index (χ1) is 6.79. The van der Waals surface area contributed by atoms with Crippen LogP contribution in [-0.2, 0) is 6.54 Å². The van der Waals surface area contributed by atoms with E-state index >= 15 is 0 Å². The molecule has 14 heavy (non-hydrogen) atoms. The summed E-state index contributed by atoms with van der Waals surface area (Å²) in [5.41, 5.74) is 2.40. The van der Waals surface area contributed by atoms with Gasteiger partial charge in [-0.3, -0.25) is 4.98 Å². The Bertz CT molecular complexity index is 489. The third-order valence-corrected chi connectivity index (χ3v) is 2.15. The molecule has 5 heteroatoms. The highest BCUT2D eigenvalue weighted by Crippen LogP contribution is 2.11. The Hall–Kier alpha value is -1.20. The molecule has 0 aliphatic heterocycles. The van der Waals surface area contributed by atoms with Gasteiger partial charge in [0.05, 0.1) is 5.52 Å². The van der Waals surface area contributed by atoms with Gasteiger partial charge < -0.3 is 9.73 Å². The molecular formula is C9H10N2O2S. The molecule has 0 atom stereocenters. The lowest BCUT2D eigenvalue weighted by molar-refractivity contribution is 0.555. The van der Waals surface area contributed by atoms with E-state index in [1.807, 2.05) is 12.1 Å². The van der Waals surface area contributed by atoms with Crippen LogP contribution < -0.4 is 11.1 Å². The number of fused-ring (bicyclic) bond motifs is 1. The molecule has 4 nitrogen and oxygen atoms in total. The monoisotopic (exact) mass is 210 g/mol. The number of aromatic amines is 1. The highest BCUT2D eigenvalue weighted by atomic mass is 32.1. The van der Waals surface area contributed by atoms with Crippen LogP contribution in [0.25, 0.3) is 11.1 Å². The van der Waals surface area contributed by atoms with Crippen LogP contribution in [0, 0.1) is 0 Å². The van der Waals surface area contributed by atoms with E-state index in [-0.39, 0.29) is 0 Å². The van der Waals surface area contributed by atoms with Gasteiger partial charge in [0.2, 0.25) is 0 Å². The van der Waals surface area contributed by atoms with Crippen molar-refractivity contribution in [3.05, 3.63) is 34.3 Å². The van der Waals surface area contributed by atoms with E-state index in [9.17, 15) is 4.79 Å². The molecule has 0 aliphatic carbocycles. The van der Waals surface area contributed by atoms with E-state index in [0.29, 0.717) is 11.5 Å². The maximum Gasteiger partial charge on any atom is 0.417 e. The van der Waals surface area contributed by atoms with Gasteiger partial charge in [0.15, 0.2) is 5.58 Å². The standard InChI is InChI=1S/C9H10N2O2S/c12-9-11-7-3-6(4-10-5-14)1-2-8(7)13-9/h1-3,10,14H,4-5H2,(H,11,12).